The Morgan fingerprint density at radius 2 is 1.90 bits per heavy atom. The Labute approximate surface area is 181 Å². The summed E-state index contributed by atoms with van der Waals surface area (Å²) in [4.78, 5) is 14.0. The van der Waals surface area contributed by atoms with Gasteiger partial charge in [0.15, 0.2) is 5.76 Å². The minimum absolute atomic E-state index is 0.0808. The first-order valence-electron chi connectivity index (χ1n) is 10.8. The monoisotopic (exact) mass is 414 g/mol. The molecule has 2 aromatic heterocycles. The number of fused-ring (bicyclic) bond motifs is 1. The molecule has 5 rings (SSSR count). The number of carbonyl (C=O) groups excluding carboxylic acids is 1. The molecule has 0 spiro atoms. The quantitative estimate of drug-likeness (QED) is 0.517. The van der Waals surface area contributed by atoms with Gasteiger partial charge in [-0.15, -0.1) is 0 Å². The SMILES string of the molecule is NC(=O)C1CCCN(Cc2cn(Cc3ccccc3)nc2-c2cc3ccccc3o2)C1. The number of amides is 1. The zero-order valence-electron chi connectivity index (χ0n) is 17.4. The summed E-state index contributed by atoms with van der Waals surface area (Å²) >= 11 is 0. The maximum Gasteiger partial charge on any atom is 0.221 e. The molecule has 1 aliphatic heterocycles. The standard InChI is InChI=1S/C25H26N4O2/c26-25(30)20-10-6-12-28(15-20)16-21-17-29(14-18-7-2-1-3-8-18)27-24(21)23-13-19-9-4-5-11-22(19)31-23/h1-5,7-9,11,13,17,20H,6,10,12,14-16H2,(H2,26,30). The zero-order chi connectivity index (χ0) is 21.2. The molecule has 2 N–H and O–H groups in total. The van der Waals surface area contributed by atoms with Crippen LogP contribution >= 0.6 is 0 Å². The summed E-state index contributed by atoms with van der Waals surface area (Å²) < 4.78 is 8.11. The number of carbonyl (C=O) groups is 1. The number of piperidine rings is 1. The number of furan rings is 1. The minimum atomic E-state index is -0.206. The van der Waals surface area contributed by atoms with Gasteiger partial charge < -0.3 is 10.2 Å². The summed E-state index contributed by atoms with van der Waals surface area (Å²) in [5.74, 6) is 0.483. The van der Waals surface area contributed by atoms with Crippen molar-refractivity contribution in [1.82, 2.24) is 14.7 Å². The van der Waals surface area contributed by atoms with Crippen LogP contribution in [0.15, 0.2) is 71.3 Å². The second kappa shape index (κ2) is 8.40. The van der Waals surface area contributed by atoms with E-state index >= 15 is 0 Å². The molecule has 1 atom stereocenters. The van der Waals surface area contributed by atoms with Gasteiger partial charge in [-0.1, -0.05) is 48.5 Å². The normalized spacial score (nSPS) is 17.2. The molecule has 0 radical (unpaired) electrons. The fourth-order valence-corrected chi connectivity index (χ4v) is 4.41. The minimum Gasteiger partial charge on any atom is -0.454 e. The maximum absolute atomic E-state index is 11.7. The van der Waals surface area contributed by atoms with Gasteiger partial charge in [-0.2, -0.15) is 5.10 Å². The summed E-state index contributed by atoms with van der Waals surface area (Å²) in [5, 5.41) is 5.96. The summed E-state index contributed by atoms with van der Waals surface area (Å²) in [6, 6.07) is 20.4. The summed E-state index contributed by atoms with van der Waals surface area (Å²) in [6.07, 6.45) is 3.95. The second-order valence-electron chi connectivity index (χ2n) is 8.31. The van der Waals surface area contributed by atoms with Crippen molar-refractivity contribution < 1.29 is 9.21 Å². The van der Waals surface area contributed by atoms with Crippen molar-refractivity contribution in [3.63, 3.8) is 0 Å². The molecule has 2 aromatic carbocycles. The van der Waals surface area contributed by atoms with Gasteiger partial charge in [0.1, 0.15) is 11.3 Å². The summed E-state index contributed by atoms with van der Waals surface area (Å²) in [6.45, 7) is 3.05. The molecule has 31 heavy (non-hydrogen) atoms. The molecule has 0 saturated carbocycles. The van der Waals surface area contributed by atoms with Gasteiger partial charge in [-0.25, -0.2) is 0 Å². The lowest BCUT2D eigenvalue weighted by atomic mass is 9.97. The van der Waals surface area contributed by atoms with Crippen LogP contribution in [0.3, 0.4) is 0 Å². The predicted octanol–water partition coefficient (Wildman–Crippen LogP) is 4.04. The largest absolute Gasteiger partial charge is 0.454 e. The third-order valence-electron chi connectivity index (χ3n) is 5.99. The number of benzene rings is 2. The van der Waals surface area contributed by atoms with Crippen LogP contribution in [-0.2, 0) is 17.9 Å². The van der Waals surface area contributed by atoms with Crippen molar-refractivity contribution >= 4 is 16.9 Å². The average Bonchev–Trinajstić information content (AvgIpc) is 3.38. The third kappa shape index (κ3) is 4.25. The van der Waals surface area contributed by atoms with Crippen LogP contribution in [0.25, 0.3) is 22.4 Å². The highest BCUT2D eigenvalue weighted by atomic mass is 16.3. The van der Waals surface area contributed by atoms with Crippen LogP contribution in [0.2, 0.25) is 0 Å². The Bertz CT molecular complexity index is 1160. The van der Waals surface area contributed by atoms with Gasteiger partial charge in [0, 0.05) is 30.2 Å². The first-order valence-corrected chi connectivity index (χ1v) is 10.8. The Balaban J connectivity index is 1.48. The van der Waals surface area contributed by atoms with Crippen LogP contribution < -0.4 is 5.73 Å². The van der Waals surface area contributed by atoms with Crippen molar-refractivity contribution in [2.24, 2.45) is 11.7 Å². The van der Waals surface area contributed by atoms with E-state index in [1.165, 1.54) is 5.56 Å². The molecule has 1 saturated heterocycles. The highest BCUT2D eigenvalue weighted by Crippen LogP contribution is 2.30. The fraction of sp³-hybridized carbons (Fsp3) is 0.280. The number of hydrogen-bond donors (Lipinski definition) is 1. The highest BCUT2D eigenvalue weighted by Gasteiger charge is 2.26. The van der Waals surface area contributed by atoms with Gasteiger partial charge in [-0.05, 0) is 37.1 Å². The van der Waals surface area contributed by atoms with E-state index in [9.17, 15) is 4.79 Å². The molecule has 0 bridgehead atoms. The second-order valence-corrected chi connectivity index (χ2v) is 8.31. The Hall–Kier alpha value is -3.38. The van der Waals surface area contributed by atoms with Crippen LogP contribution in [-0.4, -0.2) is 33.7 Å². The van der Waals surface area contributed by atoms with Gasteiger partial charge in [0.2, 0.25) is 5.91 Å². The molecule has 4 aromatic rings. The van der Waals surface area contributed by atoms with Crippen LogP contribution in [0.5, 0.6) is 0 Å². The number of rotatable bonds is 6. The van der Waals surface area contributed by atoms with Crippen molar-refractivity contribution in [2.45, 2.75) is 25.9 Å². The number of nitrogens with zero attached hydrogens (tertiary/aromatic N) is 3. The topological polar surface area (TPSA) is 77.3 Å². The van der Waals surface area contributed by atoms with Gasteiger partial charge in [-0.3, -0.25) is 14.4 Å². The van der Waals surface area contributed by atoms with Gasteiger partial charge in [0.05, 0.1) is 12.5 Å². The molecular formula is C25H26N4O2. The molecule has 0 aliphatic carbocycles. The van der Waals surface area contributed by atoms with E-state index in [-0.39, 0.29) is 11.8 Å². The Kier molecular flexibility index (Phi) is 5.30. The number of aromatic nitrogens is 2. The number of para-hydroxylation sites is 1. The molecule has 1 unspecified atom stereocenters. The lowest BCUT2D eigenvalue weighted by Gasteiger charge is -2.30. The molecule has 3 heterocycles. The summed E-state index contributed by atoms with van der Waals surface area (Å²) in [5.41, 5.74) is 9.58. The zero-order valence-corrected chi connectivity index (χ0v) is 17.4. The Morgan fingerprint density at radius 3 is 2.71 bits per heavy atom. The lowest BCUT2D eigenvalue weighted by Crippen LogP contribution is -2.40. The van der Waals surface area contributed by atoms with Crippen molar-refractivity contribution in [2.75, 3.05) is 13.1 Å². The number of hydrogen-bond acceptors (Lipinski definition) is 4. The maximum atomic E-state index is 11.7. The molecular weight excluding hydrogens is 388 g/mol. The predicted molar refractivity (Wildman–Crippen MR) is 120 cm³/mol. The van der Waals surface area contributed by atoms with E-state index in [4.69, 9.17) is 15.2 Å². The van der Waals surface area contributed by atoms with Gasteiger partial charge in [0.25, 0.3) is 0 Å². The van der Waals surface area contributed by atoms with Crippen LogP contribution in [0, 0.1) is 5.92 Å². The van der Waals surface area contributed by atoms with E-state index in [1.54, 1.807) is 0 Å². The Morgan fingerprint density at radius 1 is 1.10 bits per heavy atom. The van der Waals surface area contributed by atoms with Gasteiger partial charge >= 0.3 is 0 Å². The molecule has 158 valence electrons. The first kappa shape index (κ1) is 19.6. The number of primary amides is 1. The molecule has 6 heteroatoms. The average molecular weight is 415 g/mol. The fourth-order valence-electron chi connectivity index (χ4n) is 4.41. The smallest absolute Gasteiger partial charge is 0.221 e. The number of nitrogens with two attached hydrogens (primary N) is 1. The van der Waals surface area contributed by atoms with E-state index in [1.807, 2.05) is 47.1 Å². The molecule has 1 amide bonds. The van der Waals surface area contributed by atoms with Crippen molar-refractivity contribution in [1.29, 1.82) is 0 Å². The lowest BCUT2D eigenvalue weighted by molar-refractivity contribution is -0.123. The van der Waals surface area contributed by atoms with E-state index in [0.717, 1.165) is 47.4 Å². The van der Waals surface area contributed by atoms with Crippen molar-refractivity contribution in [3.05, 3.63) is 78.0 Å². The molecule has 1 fully saturated rings. The summed E-state index contributed by atoms with van der Waals surface area (Å²) in [7, 11) is 0. The highest BCUT2D eigenvalue weighted by molar-refractivity contribution is 5.82. The van der Waals surface area contributed by atoms with E-state index in [0.29, 0.717) is 19.6 Å². The van der Waals surface area contributed by atoms with E-state index < -0.39 is 0 Å². The van der Waals surface area contributed by atoms with Crippen LogP contribution in [0.4, 0.5) is 0 Å². The van der Waals surface area contributed by atoms with Crippen molar-refractivity contribution in [3.8, 4) is 11.5 Å². The number of likely N-dealkylation sites (tertiary alicyclic amines) is 1. The molecule has 1 aliphatic rings. The van der Waals surface area contributed by atoms with E-state index in [2.05, 4.69) is 29.3 Å². The third-order valence-corrected chi connectivity index (χ3v) is 5.99. The molecule has 6 nitrogen and oxygen atoms in total. The first-order chi connectivity index (χ1) is 15.2. The van der Waals surface area contributed by atoms with Crippen LogP contribution in [0.1, 0.15) is 24.0 Å².